The zero-order chi connectivity index (χ0) is 36.9. The van der Waals surface area contributed by atoms with Gasteiger partial charge < -0.3 is 0 Å². The second-order valence-corrected chi connectivity index (χ2v) is 11.3. The van der Waals surface area contributed by atoms with Gasteiger partial charge in [0.2, 0.25) is 0 Å². The number of benzene rings is 8. The molecule has 0 saturated heterocycles. The number of hydrogen-bond donors (Lipinski definition) is 0. The molecule has 0 fully saturated rings. The topological polar surface area (TPSA) is 17.8 Å². The molecule has 9 aromatic rings. The van der Waals surface area contributed by atoms with Crippen molar-refractivity contribution >= 4 is 54.1 Å². The van der Waals surface area contributed by atoms with Crippen LogP contribution < -0.4 is 0 Å². The third-order valence-corrected chi connectivity index (χ3v) is 8.73. The molecule has 8 aromatic carbocycles. The van der Waals surface area contributed by atoms with Crippen molar-refractivity contribution in [2.45, 2.75) is 13.3 Å². The standard InChI is InChI=1S/C43H30N2/c1-2-41-44-39-17-9-10-18-40(39)45(41)34-24-23-30-26-33(22-20-31(30)27-34)43-37-15-7-5-13-35(37)42(36-14-6-8-16-38(36)43)32-21-19-28-11-3-4-12-29(28)25-32/h3-27H,2H2,1H3/i5D,6D,7D,8D,13D,14D,15D,16D. The molecule has 0 aliphatic carbocycles. The van der Waals surface area contributed by atoms with Crippen molar-refractivity contribution in [3.8, 4) is 27.9 Å². The molecule has 0 spiro atoms. The van der Waals surface area contributed by atoms with Gasteiger partial charge in [0.1, 0.15) is 5.82 Å². The van der Waals surface area contributed by atoms with E-state index in [9.17, 15) is 5.48 Å². The molecule has 0 bridgehead atoms. The second kappa shape index (κ2) is 10.2. The van der Waals surface area contributed by atoms with Gasteiger partial charge in [-0.2, -0.15) is 0 Å². The van der Waals surface area contributed by atoms with Crippen molar-refractivity contribution < 1.29 is 11.0 Å². The highest BCUT2D eigenvalue weighted by Gasteiger charge is 2.17. The third kappa shape index (κ3) is 4.07. The number of fused-ring (bicyclic) bond motifs is 5. The Labute approximate surface area is 273 Å². The van der Waals surface area contributed by atoms with E-state index in [0.717, 1.165) is 50.5 Å². The first kappa shape index (κ1) is 18.8. The van der Waals surface area contributed by atoms with Gasteiger partial charge in [-0.3, -0.25) is 4.57 Å². The quantitative estimate of drug-likeness (QED) is 0.189. The van der Waals surface area contributed by atoms with Crippen molar-refractivity contribution in [3.05, 3.63) is 157 Å². The van der Waals surface area contributed by atoms with E-state index in [1.54, 1.807) is 0 Å². The average molecular weight is 583 g/mol. The largest absolute Gasteiger partial charge is 0.296 e. The Balaban J connectivity index is 1.39. The Morgan fingerprint density at radius 3 is 1.71 bits per heavy atom. The first-order chi connectivity index (χ1) is 25.6. The molecule has 1 heterocycles. The Morgan fingerprint density at radius 2 is 1.07 bits per heavy atom. The predicted octanol–water partition coefficient (Wildman–Crippen LogP) is 11.5. The Morgan fingerprint density at radius 1 is 0.556 bits per heavy atom. The number of aromatic nitrogens is 2. The van der Waals surface area contributed by atoms with Crippen LogP contribution in [0.15, 0.2) is 151 Å². The van der Waals surface area contributed by atoms with Crippen LogP contribution in [0.25, 0.3) is 82.1 Å². The molecule has 212 valence electrons. The highest BCUT2D eigenvalue weighted by atomic mass is 15.1. The molecule has 0 atom stereocenters. The van der Waals surface area contributed by atoms with Crippen LogP contribution in [0.2, 0.25) is 0 Å². The number of rotatable bonds is 4. The molecular formula is C43H30N2. The van der Waals surface area contributed by atoms with Gasteiger partial charge in [-0.1, -0.05) is 122 Å². The maximum atomic E-state index is 9.29. The van der Waals surface area contributed by atoms with Crippen LogP contribution in [0.1, 0.15) is 23.7 Å². The van der Waals surface area contributed by atoms with Crippen LogP contribution in [0, 0.1) is 0 Å². The van der Waals surface area contributed by atoms with Gasteiger partial charge in [0.05, 0.1) is 22.0 Å². The second-order valence-electron chi connectivity index (χ2n) is 11.3. The normalized spacial score (nSPS) is 14.2. The molecular weight excluding hydrogens is 544 g/mol. The molecule has 2 heteroatoms. The van der Waals surface area contributed by atoms with E-state index in [4.69, 9.17) is 10.5 Å². The van der Waals surface area contributed by atoms with Crippen LogP contribution in [-0.4, -0.2) is 9.55 Å². The lowest BCUT2D eigenvalue weighted by molar-refractivity contribution is 0.909. The predicted molar refractivity (Wildman–Crippen MR) is 191 cm³/mol. The maximum Gasteiger partial charge on any atom is 0.114 e. The van der Waals surface area contributed by atoms with Gasteiger partial charge in [0.25, 0.3) is 0 Å². The molecule has 2 nitrogen and oxygen atoms in total. The minimum absolute atomic E-state index is 0.199. The first-order valence-corrected chi connectivity index (χ1v) is 15.0. The fraction of sp³-hybridized carbons (Fsp3) is 0.0465. The van der Waals surface area contributed by atoms with Crippen LogP contribution >= 0.6 is 0 Å². The molecule has 45 heavy (non-hydrogen) atoms. The molecule has 1 aromatic heterocycles. The molecule has 0 unspecified atom stereocenters. The fourth-order valence-corrected chi connectivity index (χ4v) is 6.68. The van der Waals surface area contributed by atoms with Gasteiger partial charge in [-0.15, -0.1) is 0 Å². The highest BCUT2D eigenvalue weighted by molar-refractivity contribution is 6.22. The zero-order valence-corrected chi connectivity index (χ0v) is 24.4. The van der Waals surface area contributed by atoms with Gasteiger partial charge in [0.15, 0.2) is 0 Å². The lowest BCUT2D eigenvalue weighted by atomic mass is 9.85. The highest BCUT2D eigenvalue weighted by Crippen LogP contribution is 2.44. The lowest BCUT2D eigenvalue weighted by Gasteiger charge is -2.18. The minimum Gasteiger partial charge on any atom is -0.296 e. The average Bonchev–Trinajstić information content (AvgIpc) is 3.57. The van der Waals surface area contributed by atoms with Crippen LogP contribution in [0.5, 0.6) is 0 Å². The fourth-order valence-electron chi connectivity index (χ4n) is 6.68. The number of aryl methyl sites for hydroxylation is 1. The van der Waals surface area contributed by atoms with Gasteiger partial charge in [-0.25, -0.2) is 4.98 Å². The minimum atomic E-state index is -0.418. The Kier molecular flexibility index (Phi) is 4.26. The molecule has 0 aliphatic rings. The van der Waals surface area contributed by atoms with E-state index >= 15 is 0 Å². The Bertz CT molecular complexity index is 2960. The zero-order valence-electron chi connectivity index (χ0n) is 32.4. The summed E-state index contributed by atoms with van der Waals surface area (Å²) in [5, 5.41) is 4.45. The van der Waals surface area contributed by atoms with Crippen molar-refractivity contribution in [1.29, 1.82) is 0 Å². The van der Waals surface area contributed by atoms with E-state index in [1.165, 1.54) is 0 Å². The third-order valence-electron chi connectivity index (χ3n) is 8.73. The molecule has 0 amide bonds. The summed E-state index contributed by atoms with van der Waals surface area (Å²) < 4.78 is 74.2. The van der Waals surface area contributed by atoms with Crippen LogP contribution in [0.3, 0.4) is 0 Å². The molecule has 0 saturated carbocycles. The van der Waals surface area contributed by atoms with Crippen molar-refractivity contribution in [3.63, 3.8) is 0 Å². The number of hydrogen-bond acceptors (Lipinski definition) is 1. The number of imidazole rings is 1. The van der Waals surface area contributed by atoms with Crippen LogP contribution in [-0.2, 0) is 6.42 Å². The van der Waals surface area contributed by atoms with E-state index in [2.05, 4.69) is 23.6 Å². The van der Waals surface area contributed by atoms with E-state index in [1.807, 2.05) is 91.0 Å². The summed E-state index contributed by atoms with van der Waals surface area (Å²) in [5.74, 6) is 0.940. The number of nitrogens with zero attached hydrogens (tertiary/aromatic N) is 2. The summed E-state index contributed by atoms with van der Waals surface area (Å²) in [7, 11) is 0. The summed E-state index contributed by atoms with van der Waals surface area (Å²) in [6, 6.07) is 30.5. The van der Waals surface area contributed by atoms with Gasteiger partial charge >= 0.3 is 0 Å². The lowest BCUT2D eigenvalue weighted by Crippen LogP contribution is -2.00. The first-order valence-electron chi connectivity index (χ1n) is 19.0. The van der Waals surface area contributed by atoms with E-state index in [0.29, 0.717) is 22.3 Å². The number of para-hydroxylation sites is 2. The molecule has 0 aliphatic heterocycles. The van der Waals surface area contributed by atoms with Crippen molar-refractivity contribution in [2.24, 2.45) is 0 Å². The summed E-state index contributed by atoms with van der Waals surface area (Å²) in [4.78, 5) is 4.84. The Hall–Kier alpha value is -5.73. The monoisotopic (exact) mass is 582 g/mol. The van der Waals surface area contributed by atoms with Crippen molar-refractivity contribution in [2.75, 3.05) is 0 Å². The smallest absolute Gasteiger partial charge is 0.114 e. The van der Waals surface area contributed by atoms with Crippen molar-refractivity contribution in [1.82, 2.24) is 9.55 Å². The summed E-state index contributed by atoms with van der Waals surface area (Å²) in [6.45, 7) is 2.08. The van der Waals surface area contributed by atoms with Gasteiger partial charge in [-0.05, 0) is 102 Å². The maximum absolute atomic E-state index is 9.29. The molecule has 0 radical (unpaired) electrons. The summed E-state index contributed by atoms with van der Waals surface area (Å²) in [6.07, 6.45) is 0.748. The molecule has 0 N–H and O–H groups in total. The summed E-state index contributed by atoms with van der Waals surface area (Å²) >= 11 is 0. The SMILES string of the molecule is [2H]c1c([2H])c([2H])c2c(-c3ccc4cc(-n5c(CC)nc6ccccc65)ccc4c3)c3c([2H])c([2H])c([2H])c([2H])c3c(-c3ccc4ccccc4c3)c2c1[2H]. The summed E-state index contributed by atoms with van der Waals surface area (Å²) in [5.41, 5.74) is 4.71. The van der Waals surface area contributed by atoms with E-state index in [-0.39, 0.29) is 45.7 Å². The van der Waals surface area contributed by atoms with E-state index < -0.39 is 24.2 Å². The molecule has 9 rings (SSSR count). The van der Waals surface area contributed by atoms with Gasteiger partial charge in [0, 0.05) is 12.1 Å². The van der Waals surface area contributed by atoms with Crippen LogP contribution in [0.4, 0.5) is 0 Å².